The van der Waals surface area contributed by atoms with Crippen molar-refractivity contribution in [3.8, 4) is 45.3 Å². The highest BCUT2D eigenvalue weighted by molar-refractivity contribution is 7.77. The predicted molar refractivity (Wildman–Crippen MR) is 214 cm³/mol. The van der Waals surface area contributed by atoms with Crippen molar-refractivity contribution in [3.63, 3.8) is 0 Å². The molecule has 2 aliphatic carbocycles. The van der Waals surface area contributed by atoms with E-state index in [0.717, 1.165) is 29.5 Å². The van der Waals surface area contributed by atoms with Gasteiger partial charge >= 0.3 is 0 Å². The Bertz CT molecular complexity index is 2470. The Labute approximate surface area is 308 Å². The first-order valence-electron chi connectivity index (χ1n) is 17.9. The Balaban J connectivity index is 1.07. The minimum Gasteiger partial charge on any atom is -0.208 e. The lowest BCUT2D eigenvalue weighted by molar-refractivity contribution is 0.564. The molecule has 0 saturated heterocycles. The van der Waals surface area contributed by atoms with Gasteiger partial charge in [-0.05, 0) is 125 Å². The van der Waals surface area contributed by atoms with Crippen LogP contribution in [0.3, 0.4) is 0 Å². The standard InChI is InChI=1S/C47H34F2N3P/c48-38-25-19-36(20-26-38)46-50-45(51-47(52-46)37-21-27-39(49)28-22-37)35-17-15-31(16-18-35)32-23-29-40(30-24-32)53(43-13-5-9-33-7-1-3-11-41(33)43)44-14-6-10-34-8-2-4-12-42(34)44/h1,3-7,9,11-30,34H,2,8,10H2. The van der Waals surface area contributed by atoms with Gasteiger partial charge in [-0.15, -0.1) is 0 Å². The van der Waals surface area contributed by atoms with E-state index in [9.17, 15) is 8.78 Å². The molecule has 0 saturated carbocycles. The molecule has 0 fully saturated rings. The molecule has 1 aromatic heterocycles. The molecular formula is C47H34F2N3P. The lowest BCUT2D eigenvalue weighted by Crippen LogP contribution is -2.18. The van der Waals surface area contributed by atoms with Gasteiger partial charge in [0.05, 0.1) is 0 Å². The molecule has 2 aliphatic rings. The molecule has 6 aromatic carbocycles. The van der Waals surface area contributed by atoms with Crippen LogP contribution in [0.25, 0.3) is 56.1 Å². The van der Waals surface area contributed by atoms with Gasteiger partial charge in [0, 0.05) is 16.7 Å². The molecule has 53 heavy (non-hydrogen) atoms. The SMILES string of the molecule is Fc1ccc(-c2nc(-c3ccc(F)cc3)nc(-c3ccc(-c4ccc(P(C5=C6C=CCCC6CC=C5)c5cccc6ccccc56)cc4)cc3)n2)cc1. The Morgan fingerprint density at radius 3 is 1.66 bits per heavy atom. The quantitative estimate of drug-likeness (QED) is 0.155. The van der Waals surface area contributed by atoms with E-state index in [-0.39, 0.29) is 11.6 Å². The number of halogens is 2. The number of aromatic nitrogens is 3. The highest BCUT2D eigenvalue weighted by Gasteiger charge is 2.28. The largest absolute Gasteiger partial charge is 0.208 e. The third-order valence-corrected chi connectivity index (χ3v) is 12.7. The zero-order chi connectivity index (χ0) is 35.7. The van der Waals surface area contributed by atoms with Crippen LogP contribution in [0.4, 0.5) is 8.78 Å². The van der Waals surface area contributed by atoms with Crippen molar-refractivity contribution in [2.75, 3.05) is 0 Å². The van der Waals surface area contributed by atoms with E-state index in [1.165, 1.54) is 63.0 Å². The zero-order valence-electron chi connectivity index (χ0n) is 28.8. The highest BCUT2D eigenvalue weighted by Crippen LogP contribution is 2.51. The first kappa shape index (κ1) is 33.0. The van der Waals surface area contributed by atoms with Gasteiger partial charge in [0.25, 0.3) is 0 Å². The molecule has 1 heterocycles. The van der Waals surface area contributed by atoms with Crippen molar-refractivity contribution in [1.82, 2.24) is 15.0 Å². The number of benzene rings is 6. The molecule has 2 atom stereocenters. The maximum Gasteiger partial charge on any atom is 0.164 e. The summed E-state index contributed by atoms with van der Waals surface area (Å²) >= 11 is 0. The van der Waals surface area contributed by atoms with E-state index < -0.39 is 7.92 Å². The third kappa shape index (κ3) is 6.65. The maximum atomic E-state index is 13.8. The molecule has 0 amide bonds. The molecule has 0 N–H and O–H groups in total. The fraction of sp³-hybridized carbons (Fsp3) is 0.0851. The van der Waals surface area contributed by atoms with Gasteiger partial charge < -0.3 is 0 Å². The molecule has 0 bridgehead atoms. The minimum atomic E-state index is -0.800. The zero-order valence-corrected chi connectivity index (χ0v) is 29.7. The smallest absolute Gasteiger partial charge is 0.164 e. The monoisotopic (exact) mass is 709 g/mol. The van der Waals surface area contributed by atoms with Crippen LogP contribution in [0.2, 0.25) is 0 Å². The molecule has 7 aromatic rings. The molecular weight excluding hydrogens is 676 g/mol. The van der Waals surface area contributed by atoms with E-state index in [1.807, 2.05) is 12.1 Å². The molecule has 2 unspecified atom stereocenters. The predicted octanol–water partition coefficient (Wildman–Crippen LogP) is 11.6. The average Bonchev–Trinajstić information content (AvgIpc) is 3.22. The van der Waals surface area contributed by atoms with Gasteiger partial charge in [-0.3, -0.25) is 0 Å². The van der Waals surface area contributed by atoms with Gasteiger partial charge in [0.15, 0.2) is 17.5 Å². The minimum absolute atomic E-state index is 0.339. The van der Waals surface area contributed by atoms with E-state index in [4.69, 9.17) is 9.97 Å². The Hall–Kier alpha value is -5.90. The summed E-state index contributed by atoms with van der Waals surface area (Å²) in [5, 5.41) is 6.75. The Morgan fingerprint density at radius 1 is 0.509 bits per heavy atom. The summed E-state index contributed by atoms with van der Waals surface area (Å²) in [7, 11) is -0.800. The maximum absolute atomic E-state index is 13.8. The van der Waals surface area contributed by atoms with Gasteiger partial charge in [0.1, 0.15) is 11.6 Å². The van der Waals surface area contributed by atoms with Crippen LogP contribution < -0.4 is 10.6 Å². The van der Waals surface area contributed by atoms with Crippen molar-refractivity contribution in [1.29, 1.82) is 0 Å². The summed E-state index contributed by atoms with van der Waals surface area (Å²) in [6, 6.07) is 44.9. The van der Waals surface area contributed by atoms with Crippen molar-refractivity contribution in [2.24, 2.45) is 5.92 Å². The summed E-state index contributed by atoms with van der Waals surface area (Å²) < 4.78 is 27.5. The first-order valence-corrected chi connectivity index (χ1v) is 19.3. The number of hydrogen-bond donors (Lipinski definition) is 0. The summed E-state index contributed by atoms with van der Waals surface area (Å²) in [6.45, 7) is 0. The van der Waals surface area contributed by atoms with Crippen molar-refractivity contribution in [2.45, 2.75) is 19.3 Å². The summed E-state index contributed by atoms with van der Waals surface area (Å²) in [5.41, 5.74) is 5.83. The average molecular weight is 710 g/mol. The van der Waals surface area contributed by atoms with Crippen molar-refractivity contribution < 1.29 is 8.78 Å². The highest BCUT2D eigenvalue weighted by atomic mass is 31.1. The molecule has 0 radical (unpaired) electrons. The van der Waals surface area contributed by atoms with Crippen LogP contribution in [0.5, 0.6) is 0 Å². The van der Waals surface area contributed by atoms with Gasteiger partial charge in [-0.1, -0.05) is 115 Å². The summed E-state index contributed by atoms with van der Waals surface area (Å²) in [5.74, 6) is 1.21. The first-order chi connectivity index (χ1) is 26.1. The molecule has 6 heteroatoms. The number of fused-ring (bicyclic) bond motifs is 2. The van der Waals surface area contributed by atoms with Gasteiger partial charge in [-0.25, -0.2) is 23.7 Å². The number of hydrogen-bond acceptors (Lipinski definition) is 3. The van der Waals surface area contributed by atoms with Crippen LogP contribution in [-0.4, -0.2) is 15.0 Å². The Kier molecular flexibility index (Phi) is 8.87. The van der Waals surface area contributed by atoms with E-state index >= 15 is 0 Å². The second kappa shape index (κ2) is 14.3. The van der Waals surface area contributed by atoms with Crippen LogP contribution in [0, 0.1) is 17.6 Å². The van der Waals surface area contributed by atoms with Gasteiger partial charge in [0.2, 0.25) is 0 Å². The lowest BCUT2D eigenvalue weighted by Gasteiger charge is -2.31. The van der Waals surface area contributed by atoms with Gasteiger partial charge in [-0.2, -0.15) is 0 Å². The fourth-order valence-electron chi connectivity index (χ4n) is 7.37. The third-order valence-electron chi connectivity index (χ3n) is 10.1. The van der Waals surface area contributed by atoms with E-state index in [1.54, 1.807) is 24.3 Å². The number of rotatable bonds is 7. The van der Waals surface area contributed by atoms with Crippen LogP contribution in [0.15, 0.2) is 175 Å². The van der Waals surface area contributed by atoms with Crippen LogP contribution in [0.1, 0.15) is 19.3 Å². The molecule has 0 spiro atoms. The topological polar surface area (TPSA) is 38.7 Å². The Morgan fingerprint density at radius 2 is 1.04 bits per heavy atom. The molecule has 9 rings (SSSR count). The molecule has 3 nitrogen and oxygen atoms in total. The van der Waals surface area contributed by atoms with Crippen LogP contribution >= 0.6 is 7.92 Å². The second-order valence-corrected chi connectivity index (χ2v) is 15.6. The van der Waals surface area contributed by atoms with Crippen LogP contribution in [-0.2, 0) is 0 Å². The molecule has 0 aliphatic heterocycles. The van der Waals surface area contributed by atoms with E-state index in [2.05, 4.69) is 108 Å². The molecule has 256 valence electrons. The summed E-state index contributed by atoms with van der Waals surface area (Å²) in [6.07, 6.45) is 13.0. The van der Waals surface area contributed by atoms with E-state index in [0.29, 0.717) is 34.5 Å². The normalized spacial score (nSPS) is 15.8. The number of nitrogens with zero attached hydrogens (tertiary/aromatic N) is 3. The summed E-state index contributed by atoms with van der Waals surface area (Å²) in [4.78, 5) is 14.2. The second-order valence-electron chi connectivity index (χ2n) is 13.4. The fourth-order valence-corrected chi connectivity index (χ4v) is 10.1. The number of allylic oxidation sites excluding steroid dienone is 6. The van der Waals surface area contributed by atoms with Crippen molar-refractivity contribution in [3.05, 3.63) is 186 Å². The van der Waals surface area contributed by atoms with Crippen molar-refractivity contribution >= 4 is 29.3 Å². The lowest BCUT2D eigenvalue weighted by atomic mass is 9.84.